The van der Waals surface area contributed by atoms with Crippen LogP contribution in [0, 0.1) is 0 Å². The highest BCUT2D eigenvalue weighted by molar-refractivity contribution is 6.30. The summed E-state index contributed by atoms with van der Waals surface area (Å²) in [4.78, 5) is 0. The third-order valence-electron chi connectivity index (χ3n) is 3.05. The van der Waals surface area contributed by atoms with Crippen molar-refractivity contribution >= 4 is 11.6 Å². The van der Waals surface area contributed by atoms with Crippen molar-refractivity contribution in [2.45, 2.75) is 37.7 Å². The quantitative estimate of drug-likeness (QED) is 0.813. The average molecular weight is 211 g/mol. The standard InChI is InChI=1S/C12H15ClO/c13-11-4-1-3-10(9-11)5-8-12(14)6-2-7-12/h1,3-4,9,14H,2,5-8H2. The molecule has 0 bridgehead atoms. The Labute approximate surface area is 89.7 Å². The molecule has 0 saturated heterocycles. The zero-order valence-corrected chi connectivity index (χ0v) is 8.93. The second kappa shape index (κ2) is 3.92. The molecule has 0 radical (unpaired) electrons. The van der Waals surface area contributed by atoms with Gasteiger partial charge in [-0.15, -0.1) is 0 Å². The molecule has 0 unspecified atom stereocenters. The zero-order valence-electron chi connectivity index (χ0n) is 8.17. The summed E-state index contributed by atoms with van der Waals surface area (Å²) in [5.41, 5.74) is 0.848. The topological polar surface area (TPSA) is 20.2 Å². The van der Waals surface area contributed by atoms with Crippen LogP contribution < -0.4 is 0 Å². The Hall–Kier alpha value is -0.530. The molecule has 1 aliphatic rings. The van der Waals surface area contributed by atoms with Gasteiger partial charge in [-0.2, -0.15) is 0 Å². The van der Waals surface area contributed by atoms with Crippen molar-refractivity contribution in [3.05, 3.63) is 34.9 Å². The van der Waals surface area contributed by atoms with E-state index in [1.165, 1.54) is 12.0 Å². The maximum atomic E-state index is 9.91. The van der Waals surface area contributed by atoms with Crippen molar-refractivity contribution in [2.24, 2.45) is 0 Å². The zero-order chi connectivity index (χ0) is 10.0. The van der Waals surface area contributed by atoms with E-state index in [4.69, 9.17) is 11.6 Å². The van der Waals surface area contributed by atoms with Crippen LogP contribution in [0.4, 0.5) is 0 Å². The highest BCUT2D eigenvalue weighted by Gasteiger charge is 2.33. The SMILES string of the molecule is OC1(CCc2cccc(Cl)c2)CCC1. The minimum atomic E-state index is -0.373. The summed E-state index contributed by atoms with van der Waals surface area (Å²) in [5, 5.41) is 10.7. The smallest absolute Gasteiger partial charge is 0.0651 e. The van der Waals surface area contributed by atoms with Gasteiger partial charge < -0.3 is 5.11 Å². The summed E-state index contributed by atoms with van der Waals surface area (Å²) in [6.07, 6.45) is 4.90. The lowest BCUT2D eigenvalue weighted by Crippen LogP contribution is -2.36. The van der Waals surface area contributed by atoms with E-state index in [1.807, 2.05) is 18.2 Å². The average Bonchev–Trinajstić information content (AvgIpc) is 2.12. The summed E-state index contributed by atoms with van der Waals surface area (Å²) < 4.78 is 0. The molecule has 0 atom stereocenters. The molecule has 1 nitrogen and oxygen atoms in total. The van der Waals surface area contributed by atoms with Crippen LogP contribution in [0.25, 0.3) is 0 Å². The Bertz CT molecular complexity index is 318. The predicted molar refractivity (Wildman–Crippen MR) is 58.6 cm³/mol. The summed E-state index contributed by atoms with van der Waals surface area (Å²) in [6.45, 7) is 0. The van der Waals surface area contributed by atoms with Gasteiger partial charge in [0.05, 0.1) is 5.60 Å². The highest BCUT2D eigenvalue weighted by Crippen LogP contribution is 2.35. The predicted octanol–water partition coefficient (Wildman–Crippen LogP) is 3.19. The fraction of sp³-hybridized carbons (Fsp3) is 0.500. The molecule has 1 fully saturated rings. The van der Waals surface area contributed by atoms with E-state index in [9.17, 15) is 5.11 Å². The molecule has 0 heterocycles. The molecule has 0 amide bonds. The first kappa shape index (κ1) is 10.0. The van der Waals surface area contributed by atoms with Crippen LogP contribution in [0.3, 0.4) is 0 Å². The van der Waals surface area contributed by atoms with Crippen molar-refractivity contribution < 1.29 is 5.11 Å². The Balaban J connectivity index is 1.91. The van der Waals surface area contributed by atoms with Crippen LogP contribution in [-0.2, 0) is 6.42 Å². The van der Waals surface area contributed by atoms with Crippen LogP contribution in [0.5, 0.6) is 0 Å². The molecule has 0 aromatic heterocycles. The fourth-order valence-electron chi connectivity index (χ4n) is 1.90. The van der Waals surface area contributed by atoms with Crippen molar-refractivity contribution in [1.29, 1.82) is 0 Å². The minimum absolute atomic E-state index is 0.373. The number of rotatable bonds is 3. The van der Waals surface area contributed by atoms with E-state index in [2.05, 4.69) is 6.07 Å². The molecular weight excluding hydrogens is 196 g/mol. The number of benzene rings is 1. The summed E-state index contributed by atoms with van der Waals surface area (Å²) in [5.74, 6) is 0. The molecule has 2 heteroatoms. The number of halogens is 1. The van der Waals surface area contributed by atoms with Crippen molar-refractivity contribution in [3.8, 4) is 0 Å². The molecule has 1 saturated carbocycles. The Morgan fingerprint density at radius 1 is 1.36 bits per heavy atom. The van der Waals surface area contributed by atoms with Crippen molar-refractivity contribution in [3.63, 3.8) is 0 Å². The molecule has 1 N–H and O–H groups in total. The first-order chi connectivity index (χ1) is 6.68. The first-order valence-corrected chi connectivity index (χ1v) is 5.53. The van der Waals surface area contributed by atoms with Gasteiger partial charge in [-0.25, -0.2) is 0 Å². The van der Waals surface area contributed by atoms with Gasteiger partial charge in [0.25, 0.3) is 0 Å². The summed E-state index contributed by atoms with van der Waals surface area (Å²) in [6, 6.07) is 7.88. The second-order valence-electron chi connectivity index (χ2n) is 4.21. The molecule has 1 aromatic carbocycles. The van der Waals surface area contributed by atoms with Gasteiger partial charge in [0, 0.05) is 5.02 Å². The molecule has 2 rings (SSSR count). The van der Waals surface area contributed by atoms with Gasteiger partial charge in [-0.05, 0) is 49.8 Å². The highest BCUT2D eigenvalue weighted by atomic mass is 35.5. The minimum Gasteiger partial charge on any atom is -0.390 e. The molecule has 0 spiro atoms. The molecule has 0 aliphatic heterocycles. The van der Waals surface area contributed by atoms with Crippen LogP contribution in [0.2, 0.25) is 5.02 Å². The normalized spacial score (nSPS) is 19.0. The third-order valence-corrected chi connectivity index (χ3v) is 3.29. The monoisotopic (exact) mass is 210 g/mol. The Morgan fingerprint density at radius 2 is 2.14 bits per heavy atom. The van der Waals surface area contributed by atoms with Gasteiger partial charge in [-0.3, -0.25) is 0 Å². The maximum absolute atomic E-state index is 9.91. The van der Waals surface area contributed by atoms with Gasteiger partial charge >= 0.3 is 0 Å². The molecule has 14 heavy (non-hydrogen) atoms. The lowest BCUT2D eigenvalue weighted by Gasteiger charge is -2.36. The summed E-state index contributed by atoms with van der Waals surface area (Å²) in [7, 11) is 0. The van der Waals surface area contributed by atoms with E-state index in [-0.39, 0.29) is 5.60 Å². The number of hydrogen-bond donors (Lipinski definition) is 1. The summed E-state index contributed by atoms with van der Waals surface area (Å²) >= 11 is 5.88. The van der Waals surface area contributed by atoms with Gasteiger partial charge in [0.1, 0.15) is 0 Å². The van der Waals surface area contributed by atoms with E-state index < -0.39 is 0 Å². The number of aliphatic hydroxyl groups is 1. The number of hydrogen-bond acceptors (Lipinski definition) is 1. The molecule has 1 aromatic rings. The van der Waals surface area contributed by atoms with Crippen LogP contribution in [0.1, 0.15) is 31.2 Å². The van der Waals surface area contributed by atoms with Gasteiger partial charge in [0.2, 0.25) is 0 Å². The molecule has 76 valence electrons. The third kappa shape index (κ3) is 2.28. The van der Waals surface area contributed by atoms with Gasteiger partial charge in [0.15, 0.2) is 0 Å². The first-order valence-electron chi connectivity index (χ1n) is 5.15. The lowest BCUT2D eigenvalue weighted by molar-refractivity contribution is -0.0397. The number of aryl methyl sites for hydroxylation is 1. The maximum Gasteiger partial charge on any atom is 0.0651 e. The van der Waals surface area contributed by atoms with E-state index >= 15 is 0 Å². The van der Waals surface area contributed by atoms with Crippen LogP contribution in [-0.4, -0.2) is 10.7 Å². The Morgan fingerprint density at radius 3 is 2.71 bits per heavy atom. The van der Waals surface area contributed by atoms with Crippen LogP contribution >= 0.6 is 11.6 Å². The fourth-order valence-corrected chi connectivity index (χ4v) is 2.12. The molecule has 1 aliphatic carbocycles. The van der Waals surface area contributed by atoms with Crippen LogP contribution in [0.15, 0.2) is 24.3 Å². The van der Waals surface area contributed by atoms with Gasteiger partial charge in [-0.1, -0.05) is 23.7 Å². The second-order valence-corrected chi connectivity index (χ2v) is 4.64. The lowest BCUT2D eigenvalue weighted by atomic mass is 9.76. The van der Waals surface area contributed by atoms with E-state index in [0.29, 0.717) is 0 Å². The largest absolute Gasteiger partial charge is 0.390 e. The Kier molecular flexibility index (Phi) is 2.80. The van der Waals surface area contributed by atoms with Crippen molar-refractivity contribution in [2.75, 3.05) is 0 Å². The molecular formula is C12H15ClO. The van der Waals surface area contributed by atoms with Crippen molar-refractivity contribution in [1.82, 2.24) is 0 Å². The van der Waals surface area contributed by atoms with E-state index in [1.54, 1.807) is 0 Å². The van der Waals surface area contributed by atoms with E-state index in [0.717, 1.165) is 30.7 Å².